The average Bonchev–Trinajstić information content (AvgIpc) is 3.06. The summed E-state index contributed by atoms with van der Waals surface area (Å²) in [5, 5.41) is 10.9. The van der Waals surface area contributed by atoms with E-state index in [1.54, 1.807) is 0 Å². The van der Waals surface area contributed by atoms with E-state index in [4.69, 9.17) is 14.2 Å². The first-order valence-electron chi connectivity index (χ1n) is 13.1. The van der Waals surface area contributed by atoms with Crippen molar-refractivity contribution in [2.24, 2.45) is 0 Å². The molecule has 49 heavy (non-hydrogen) atoms. The van der Waals surface area contributed by atoms with E-state index in [-0.39, 0.29) is 26.2 Å². The van der Waals surface area contributed by atoms with Gasteiger partial charge in [0.05, 0.1) is 73.0 Å². The summed E-state index contributed by atoms with van der Waals surface area (Å²) in [5.41, 5.74) is -8.01. The van der Waals surface area contributed by atoms with E-state index >= 15 is 0 Å². The Morgan fingerprint density at radius 1 is 0.388 bits per heavy atom. The summed E-state index contributed by atoms with van der Waals surface area (Å²) in [6.07, 6.45) is 0. The number of hydrogen-bond donors (Lipinski definition) is 1. The zero-order valence-electron chi connectivity index (χ0n) is 25.4. The van der Waals surface area contributed by atoms with Crippen molar-refractivity contribution >= 4 is 0 Å². The van der Waals surface area contributed by atoms with E-state index in [0.717, 1.165) is 21.3 Å². The van der Waals surface area contributed by atoms with Crippen LogP contribution in [0.3, 0.4) is 0 Å². The van der Waals surface area contributed by atoms with Crippen LogP contribution in [-0.4, -0.2) is 39.0 Å². The largest absolute Gasteiger partial charge is 0.380 e. The van der Waals surface area contributed by atoms with Gasteiger partial charge in [-0.2, -0.15) is 0 Å². The van der Waals surface area contributed by atoms with Gasteiger partial charge in [-0.15, -0.1) is 0 Å². The standard InChI is InChI=1S/C29H24F12O7.Zr/c1-43-4-11-17(30)23(36)14(24(37)18(11)31)7-46-10-29(42,47-8-15-25(38)19(32)12(5-44-2)20(33)26(15)39)48-9-16-27(40)21(34)13(6-45-3)22(35)28(16)41;/h42H,4-10H2,1-3H3;. The normalized spacial score (nSPS) is 11.8. The van der Waals surface area contributed by atoms with Crippen LogP contribution in [0.25, 0.3) is 0 Å². The minimum Gasteiger partial charge on any atom is -0.380 e. The van der Waals surface area contributed by atoms with Crippen molar-refractivity contribution in [1.29, 1.82) is 0 Å². The molecule has 0 aliphatic heterocycles. The molecule has 20 heteroatoms. The van der Waals surface area contributed by atoms with Crippen LogP contribution in [0.5, 0.6) is 0 Å². The first kappa shape index (κ1) is 42.6. The Balaban J connectivity index is 0.00000833. The third-order valence-corrected chi connectivity index (χ3v) is 6.62. The van der Waals surface area contributed by atoms with E-state index in [0.29, 0.717) is 0 Å². The van der Waals surface area contributed by atoms with Crippen LogP contribution in [0.1, 0.15) is 33.4 Å². The van der Waals surface area contributed by atoms with Crippen LogP contribution in [0.2, 0.25) is 0 Å². The van der Waals surface area contributed by atoms with E-state index in [9.17, 15) is 57.8 Å². The number of ether oxygens (including phenoxy) is 6. The second-order valence-electron chi connectivity index (χ2n) is 9.72. The van der Waals surface area contributed by atoms with Gasteiger partial charge < -0.3 is 33.5 Å². The summed E-state index contributed by atoms with van der Waals surface area (Å²) in [6.45, 7) is -9.16. The van der Waals surface area contributed by atoms with Crippen molar-refractivity contribution in [3.8, 4) is 0 Å². The molecule has 3 aromatic carbocycles. The Hall–Kier alpha value is -2.58. The molecular weight excluding hydrogens is 780 g/mol. The van der Waals surface area contributed by atoms with Gasteiger partial charge in [0.15, 0.2) is 69.8 Å². The minimum atomic E-state index is -3.59. The van der Waals surface area contributed by atoms with E-state index in [1.165, 1.54) is 0 Å². The Morgan fingerprint density at radius 3 is 0.816 bits per heavy atom. The molecule has 0 heterocycles. The van der Waals surface area contributed by atoms with Crippen molar-refractivity contribution in [3.05, 3.63) is 103 Å². The van der Waals surface area contributed by atoms with E-state index < -0.39 is 155 Å². The zero-order valence-corrected chi connectivity index (χ0v) is 27.8. The van der Waals surface area contributed by atoms with Gasteiger partial charge in [-0.3, -0.25) is 0 Å². The summed E-state index contributed by atoms with van der Waals surface area (Å²) in [6, 6.07) is 0. The number of rotatable bonds is 16. The molecule has 0 aliphatic carbocycles. The van der Waals surface area contributed by atoms with Crippen LogP contribution in [0.15, 0.2) is 0 Å². The summed E-state index contributed by atoms with van der Waals surface area (Å²) < 4.78 is 202. The number of benzene rings is 3. The molecule has 0 unspecified atom stereocenters. The molecule has 0 radical (unpaired) electrons. The maximum atomic E-state index is 14.6. The second kappa shape index (κ2) is 18.1. The molecular formula is C29H24F12O7Zr. The predicted octanol–water partition coefficient (Wildman–Crippen LogP) is 6.39. The smallest absolute Gasteiger partial charge is 0.305 e. The molecule has 0 spiro atoms. The molecule has 3 aromatic rings. The quantitative estimate of drug-likeness (QED) is 0.102. The maximum absolute atomic E-state index is 14.6. The van der Waals surface area contributed by atoms with Crippen molar-refractivity contribution in [3.63, 3.8) is 0 Å². The molecule has 0 saturated heterocycles. The Bertz CT molecular complexity index is 1500. The van der Waals surface area contributed by atoms with Gasteiger partial charge >= 0.3 is 5.97 Å². The molecule has 7 nitrogen and oxygen atoms in total. The fourth-order valence-corrected chi connectivity index (χ4v) is 4.14. The molecule has 0 fully saturated rings. The number of aliphatic hydroxyl groups is 1. The first-order valence-corrected chi connectivity index (χ1v) is 13.1. The molecule has 270 valence electrons. The van der Waals surface area contributed by atoms with Gasteiger partial charge in [0, 0.05) is 47.5 Å². The molecule has 0 saturated carbocycles. The third kappa shape index (κ3) is 9.02. The summed E-state index contributed by atoms with van der Waals surface area (Å²) in [4.78, 5) is 0. The van der Waals surface area contributed by atoms with Gasteiger partial charge in [-0.25, -0.2) is 52.7 Å². The molecule has 0 aliphatic rings. The fraction of sp³-hybridized carbons (Fsp3) is 0.379. The first-order chi connectivity index (χ1) is 22.6. The monoisotopic (exact) mass is 802 g/mol. The molecule has 3 rings (SSSR count). The van der Waals surface area contributed by atoms with Gasteiger partial charge in [0.2, 0.25) is 0 Å². The third-order valence-electron chi connectivity index (χ3n) is 6.62. The summed E-state index contributed by atoms with van der Waals surface area (Å²) in [7, 11) is 2.87. The molecule has 0 aromatic heterocycles. The van der Waals surface area contributed by atoms with Crippen LogP contribution < -0.4 is 0 Å². The number of hydrogen-bond acceptors (Lipinski definition) is 7. The summed E-state index contributed by atoms with van der Waals surface area (Å²) in [5.74, 6) is -27.4. The molecule has 0 atom stereocenters. The van der Waals surface area contributed by atoms with Crippen molar-refractivity contribution < 1.29 is 112 Å². The van der Waals surface area contributed by atoms with E-state index in [2.05, 4.69) is 14.2 Å². The van der Waals surface area contributed by atoms with Crippen LogP contribution in [-0.2, 0) is 94.3 Å². The fourth-order valence-electron chi connectivity index (χ4n) is 4.14. The maximum Gasteiger partial charge on any atom is 0.305 e. The van der Waals surface area contributed by atoms with Gasteiger partial charge in [-0.1, -0.05) is 0 Å². The average molecular weight is 804 g/mol. The van der Waals surface area contributed by atoms with Crippen LogP contribution >= 0.6 is 0 Å². The van der Waals surface area contributed by atoms with Gasteiger partial charge in [0.1, 0.15) is 6.61 Å². The number of methoxy groups -OCH3 is 3. The Labute approximate surface area is 288 Å². The van der Waals surface area contributed by atoms with Crippen LogP contribution in [0, 0.1) is 69.8 Å². The minimum absolute atomic E-state index is 0. The van der Waals surface area contributed by atoms with Crippen molar-refractivity contribution in [2.45, 2.75) is 45.6 Å². The second-order valence-corrected chi connectivity index (χ2v) is 9.72. The van der Waals surface area contributed by atoms with Crippen molar-refractivity contribution in [1.82, 2.24) is 0 Å². The summed E-state index contributed by atoms with van der Waals surface area (Å²) >= 11 is 0. The molecule has 0 amide bonds. The zero-order chi connectivity index (χ0) is 36.1. The Kier molecular flexibility index (Phi) is 15.7. The molecule has 0 bridgehead atoms. The van der Waals surface area contributed by atoms with E-state index in [1.807, 2.05) is 0 Å². The topological polar surface area (TPSA) is 75.6 Å². The SMILES string of the molecule is COCc1c(F)c(F)c(COCC(O)(OCc2c(F)c(F)c(COC)c(F)c2F)OCc2c(F)c(F)c(COC)c(F)c2F)c(F)c1F.[Zr]. The molecule has 1 N–H and O–H groups in total. The van der Waals surface area contributed by atoms with Gasteiger partial charge in [-0.05, 0) is 0 Å². The van der Waals surface area contributed by atoms with Crippen LogP contribution in [0.4, 0.5) is 52.7 Å². The van der Waals surface area contributed by atoms with Gasteiger partial charge in [0.25, 0.3) is 0 Å². The predicted molar refractivity (Wildman–Crippen MR) is 135 cm³/mol. The number of halogens is 12. The Morgan fingerprint density at radius 2 is 0.592 bits per heavy atom. The van der Waals surface area contributed by atoms with Crippen molar-refractivity contribution in [2.75, 3.05) is 27.9 Å².